The summed E-state index contributed by atoms with van der Waals surface area (Å²) in [5, 5.41) is 0. The lowest BCUT2D eigenvalue weighted by atomic mass is 9.92. The minimum absolute atomic E-state index is 0.0367. The number of rotatable bonds is 8. The summed E-state index contributed by atoms with van der Waals surface area (Å²) in [6, 6.07) is -0.444. The molecule has 0 aromatic carbocycles. The van der Waals surface area contributed by atoms with Gasteiger partial charge in [-0.1, -0.05) is 49.3 Å². The molecule has 0 bridgehead atoms. The summed E-state index contributed by atoms with van der Waals surface area (Å²) in [5.74, 6) is 0.564. The molecule has 1 aliphatic heterocycles. The maximum absolute atomic E-state index is 6.04. The van der Waals surface area contributed by atoms with E-state index in [1.165, 1.54) is 0 Å². The molecular weight excluding hydrogens is 326 g/mol. The standard InChI is InChI=1S/C13H26BO4PS2/c1-7-9-10(18-19(6)15-5)11(12(14)17-9)16-8-20-21-13(2,3)4/h9-12H,7-8H2,1-6H3/t9-,10?,11+,12-,19?/m1/s1. The third kappa shape index (κ3) is 6.98. The van der Waals surface area contributed by atoms with E-state index < -0.39 is 14.4 Å². The van der Waals surface area contributed by atoms with Gasteiger partial charge in [-0.2, -0.15) is 0 Å². The van der Waals surface area contributed by atoms with Gasteiger partial charge in [-0.3, -0.25) is 0 Å². The first kappa shape index (κ1) is 20.1. The lowest BCUT2D eigenvalue weighted by molar-refractivity contribution is 0.0117. The van der Waals surface area contributed by atoms with Crippen molar-refractivity contribution in [1.82, 2.24) is 0 Å². The molecule has 0 spiro atoms. The van der Waals surface area contributed by atoms with E-state index in [2.05, 4.69) is 27.7 Å². The maximum atomic E-state index is 6.04. The molecule has 5 atom stereocenters. The highest BCUT2D eigenvalue weighted by Crippen LogP contribution is 2.41. The van der Waals surface area contributed by atoms with Crippen molar-refractivity contribution < 1.29 is 18.5 Å². The lowest BCUT2D eigenvalue weighted by Crippen LogP contribution is -2.36. The molecule has 21 heavy (non-hydrogen) atoms. The van der Waals surface area contributed by atoms with Crippen LogP contribution < -0.4 is 0 Å². The second-order valence-electron chi connectivity index (χ2n) is 5.80. The summed E-state index contributed by atoms with van der Waals surface area (Å²) in [6.07, 6.45) is 0.393. The zero-order chi connectivity index (χ0) is 16.0. The fourth-order valence-corrected chi connectivity index (χ4v) is 4.59. The molecule has 2 unspecified atom stereocenters. The molecule has 1 saturated heterocycles. The summed E-state index contributed by atoms with van der Waals surface area (Å²) in [7, 11) is 10.2. The van der Waals surface area contributed by atoms with E-state index >= 15 is 0 Å². The Balaban J connectivity index is 2.51. The third-order valence-electron chi connectivity index (χ3n) is 2.89. The van der Waals surface area contributed by atoms with Gasteiger partial charge in [0.1, 0.15) is 26.0 Å². The normalized spacial score (nSPS) is 31.5. The van der Waals surface area contributed by atoms with Crippen LogP contribution in [0.3, 0.4) is 0 Å². The Morgan fingerprint density at radius 3 is 2.48 bits per heavy atom. The van der Waals surface area contributed by atoms with Crippen LogP contribution in [0, 0.1) is 0 Å². The van der Waals surface area contributed by atoms with Crippen LogP contribution >= 0.6 is 30.0 Å². The maximum Gasteiger partial charge on any atom is 0.167 e. The molecule has 122 valence electrons. The number of ether oxygens (including phenoxy) is 2. The van der Waals surface area contributed by atoms with E-state index in [0.29, 0.717) is 5.94 Å². The first-order valence-corrected chi connectivity index (χ1v) is 11.0. The average Bonchev–Trinajstić information content (AvgIpc) is 2.69. The third-order valence-corrected chi connectivity index (χ3v) is 6.94. The SMILES string of the molecule is [B][C@@H]1O[C@H](CC)C(OP(C)OC)[C@@H]1OCSSC(C)(C)C. The Bertz CT molecular complexity index is 306. The number of hydrogen-bond donors (Lipinski definition) is 0. The molecule has 0 amide bonds. The summed E-state index contributed by atoms with van der Waals surface area (Å²) in [5.41, 5.74) is 0. The Morgan fingerprint density at radius 2 is 1.95 bits per heavy atom. The van der Waals surface area contributed by atoms with E-state index in [4.69, 9.17) is 26.4 Å². The quantitative estimate of drug-likeness (QED) is 0.218. The minimum Gasteiger partial charge on any atom is -0.379 e. The van der Waals surface area contributed by atoms with Crippen molar-refractivity contribution in [2.75, 3.05) is 19.7 Å². The molecule has 1 fully saturated rings. The van der Waals surface area contributed by atoms with E-state index in [0.717, 1.165) is 6.42 Å². The minimum atomic E-state index is -0.932. The van der Waals surface area contributed by atoms with Gasteiger partial charge in [0, 0.05) is 24.5 Å². The van der Waals surface area contributed by atoms with Gasteiger partial charge in [0.15, 0.2) is 8.38 Å². The van der Waals surface area contributed by atoms with Crippen molar-refractivity contribution in [3.63, 3.8) is 0 Å². The lowest BCUT2D eigenvalue weighted by Gasteiger charge is -2.26. The molecule has 1 rings (SSSR count). The second kappa shape index (κ2) is 9.36. The van der Waals surface area contributed by atoms with Gasteiger partial charge in [0.2, 0.25) is 0 Å². The van der Waals surface area contributed by atoms with E-state index in [9.17, 15) is 0 Å². The summed E-state index contributed by atoms with van der Waals surface area (Å²) < 4.78 is 23.1. The van der Waals surface area contributed by atoms with Crippen LogP contribution in [0.25, 0.3) is 0 Å². The van der Waals surface area contributed by atoms with Crippen LogP contribution in [-0.2, 0) is 18.5 Å². The van der Waals surface area contributed by atoms with E-state index in [1.54, 1.807) is 28.7 Å². The van der Waals surface area contributed by atoms with Crippen LogP contribution in [0.15, 0.2) is 0 Å². The highest BCUT2D eigenvalue weighted by Gasteiger charge is 2.43. The van der Waals surface area contributed by atoms with E-state index in [1.807, 2.05) is 6.66 Å². The smallest absolute Gasteiger partial charge is 0.167 e. The molecule has 0 aliphatic carbocycles. The fraction of sp³-hybridized carbons (Fsp3) is 1.00. The molecule has 0 aromatic rings. The fourth-order valence-electron chi connectivity index (χ4n) is 1.92. The molecule has 0 N–H and O–H groups in total. The predicted molar refractivity (Wildman–Crippen MR) is 94.1 cm³/mol. The molecule has 0 aromatic heterocycles. The van der Waals surface area contributed by atoms with Crippen LogP contribution in [0.4, 0.5) is 0 Å². The van der Waals surface area contributed by atoms with Crippen molar-refractivity contribution in [2.24, 2.45) is 0 Å². The van der Waals surface area contributed by atoms with Gasteiger partial charge < -0.3 is 18.5 Å². The topological polar surface area (TPSA) is 36.9 Å². The van der Waals surface area contributed by atoms with Gasteiger partial charge in [0.25, 0.3) is 0 Å². The molecule has 2 radical (unpaired) electrons. The zero-order valence-corrected chi connectivity index (χ0v) is 16.2. The highest BCUT2D eigenvalue weighted by atomic mass is 33.1. The largest absolute Gasteiger partial charge is 0.379 e. The second-order valence-corrected chi connectivity index (χ2v) is 10.3. The Morgan fingerprint density at radius 1 is 1.29 bits per heavy atom. The van der Waals surface area contributed by atoms with Crippen molar-refractivity contribution >= 4 is 37.8 Å². The Labute approximate surface area is 139 Å². The van der Waals surface area contributed by atoms with Crippen molar-refractivity contribution in [1.29, 1.82) is 0 Å². The highest BCUT2D eigenvalue weighted by molar-refractivity contribution is 8.77. The first-order chi connectivity index (χ1) is 9.78. The van der Waals surface area contributed by atoms with Crippen molar-refractivity contribution in [2.45, 2.75) is 63.2 Å². The van der Waals surface area contributed by atoms with Crippen molar-refractivity contribution in [3.05, 3.63) is 0 Å². The van der Waals surface area contributed by atoms with Crippen LogP contribution in [-0.4, -0.2) is 56.6 Å². The first-order valence-electron chi connectivity index (χ1n) is 7.06. The molecule has 4 nitrogen and oxygen atoms in total. The number of hydrogen-bond acceptors (Lipinski definition) is 6. The molecule has 1 aliphatic rings. The predicted octanol–water partition coefficient (Wildman–Crippen LogP) is 3.79. The molecule has 0 saturated carbocycles. The Kier molecular flexibility index (Phi) is 8.95. The summed E-state index contributed by atoms with van der Waals surface area (Å²) in [4.78, 5) is 0. The van der Waals surface area contributed by atoms with Crippen molar-refractivity contribution in [3.8, 4) is 0 Å². The monoisotopic (exact) mass is 352 g/mol. The van der Waals surface area contributed by atoms with Gasteiger partial charge in [-0.05, 0) is 6.42 Å². The average molecular weight is 352 g/mol. The van der Waals surface area contributed by atoms with Crippen LogP contribution in [0.2, 0.25) is 0 Å². The van der Waals surface area contributed by atoms with E-state index in [-0.39, 0.29) is 23.1 Å². The molecule has 1 heterocycles. The molecular formula is C13H26BO4PS2. The Hall–Kier alpha value is 1.03. The van der Waals surface area contributed by atoms with Gasteiger partial charge in [0.05, 0.1) is 6.10 Å². The van der Waals surface area contributed by atoms with Gasteiger partial charge >= 0.3 is 0 Å². The zero-order valence-electron chi connectivity index (χ0n) is 13.7. The van der Waals surface area contributed by atoms with Gasteiger partial charge in [-0.25, -0.2) is 0 Å². The summed E-state index contributed by atoms with van der Waals surface area (Å²) >= 11 is 0. The molecule has 8 heteroatoms. The van der Waals surface area contributed by atoms with Crippen LogP contribution in [0.1, 0.15) is 34.1 Å². The van der Waals surface area contributed by atoms with Crippen LogP contribution in [0.5, 0.6) is 0 Å². The summed E-state index contributed by atoms with van der Waals surface area (Å²) in [6.45, 7) is 10.5. The van der Waals surface area contributed by atoms with Gasteiger partial charge in [-0.15, -0.1) is 0 Å².